The Hall–Kier alpha value is -0.870. The summed E-state index contributed by atoms with van der Waals surface area (Å²) in [7, 11) is 0. The molecule has 1 saturated heterocycles. The first-order valence-corrected chi connectivity index (χ1v) is 5.98. The van der Waals surface area contributed by atoms with E-state index in [-0.39, 0.29) is 5.91 Å². The molecule has 1 rings (SSSR count). The summed E-state index contributed by atoms with van der Waals surface area (Å²) < 4.78 is 0. The molecular weight excluding hydrogens is 202 g/mol. The largest absolute Gasteiger partial charge is 0.340 e. The van der Waals surface area contributed by atoms with Gasteiger partial charge in [-0.1, -0.05) is 13.5 Å². The molecule has 1 amide bonds. The first kappa shape index (κ1) is 13.2. The number of likely N-dealkylation sites (N-methyl/N-ethyl adjacent to an activating group) is 1. The Bertz CT molecular complexity index is 245. The van der Waals surface area contributed by atoms with Crippen molar-refractivity contribution >= 4 is 5.91 Å². The van der Waals surface area contributed by atoms with Gasteiger partial charge in [0.1, 0.15) is 0 Å². The molecule has 1 aliphatic heterocycles. The van der Waals surface area contributed by atoms with Gasteiger partial charge in [-0.25, -0.2) is 0 Å². The molecular formula is C12H23N3O. The maximum absolute atomic E-state index is 11.1. The van der Waals surface area contributed by atoms with Gasteiger partial charge in [-0.15, -0.1) is 0 Å². The number of carbonyl (C=O) groups excluding carboxylic acids is 1. The number of carbonyl (C=O) groups is 1. The fraction of sp³-hybridized carbons (Fsp3) is 0.750. The van der Waals surface area contributed by atoms with E-state index in [1.807, 2.05) is 4.90 Å². The summed E-state index contributed by atoms with van der Waals surface area (Å²) >= 11 is 0. The topological polar surface area (TPSA) is 35.6 Å². The Morgan fingerprint density at radius 2 is 1.94 bits per heavy atom. The van der Waals surface area contributed by atoms with Crippen LogP contribution in [0, 0.1) is 0 Å². The molecule has 0 atom stereocenters. The van der Waals surface area contributed by atoms with Gasteiger partial charge in [0.2, 0.25) is 5.91 Å². The second-order valence-corrected chi connectivity index (χ2v) is 4.31. The second kappa shape index (κ2) is 6.66. The minimum Gasteiger partial charge on any atom is -0.340 e. The van der Waals surface area contributed by atoms with E-state index in [0.717, 1.165) is 45.8 Å². The van der Waals surface area contributed by atoms with Crippen LogP contribution in [0.4, 0.5) is 0 Å². The summed E-state index contributed by atoms with van der Waals surface area (Å²) in [6.45, 7) is 14.2. The van der Waals surface area contributed by atoms with Gasteiger partial charge >= 0.3 is 0 Å². The first-order valence-electron chi connectivity index (χ1n) is 5.98. The highest BCUT2D eigenvalue weighted by atomic mass is 16.2. The Kier molecular flexibility index (Phi) is 5.49. The van der Waals surface area contributed by atoms with Crippen molar-refractivity contribution in [1.29, 1.82) is 0 Å². The van der Waals surface area contributed by atoms with E-state index >= 15 is 0 Å². The van der Waals surface area contributed by atoms with Crippen LogP contribution in [0.5, 0.6) is 0 Å². The predicted octanol–water partition coefficient (Wildman–Crippen LogP) is 0.316. The Morgan fingerprint density at radius 3 is 2.44 bits per heavy atom. The third-order valence-electron chi connectivity index (χ3n) is 2.89. The normalized spacial score (nSPS) is 17.5. The molecule has 0 spiro atoms. The van der Waals surface area contributed by atoms with Gasteiger partial charge in [-0.3, -0.25) is 9.69 Å². The summed E-state index contributed by atoms with van der Waals surface area (Å²) in [5.41, 5.74) is 1.22. The number of amides is 1. The lowest BCUT2D eigenvalue weighted by molar-refractivity contribution is -0.130. The molecule has 1 N–H and O–H groups in total. The second-order valence-electron chi connectivity index (χ2n) is 4.31. The zero-order valence-electron chi connectivity index (χ0n) is 10.5. The van der Waals surface area contributed by atoms with Crippen molar-refractivity contribution in [3.63, 3.8) is 0 Å². The van der Waals surface area contributed by atoms with Crippen molar-refractivity contribution in [3.05, 3.63) is 12.2 Å². The lowest BCUT2D eigenvalue weighted by Crippen LogP contribution is -2.48. The minimum absolute atomic E-state index is 0.186. The van der Waals surface area contributed by atoms with Gasteiger partial charge in [-0.2, -0.15) is 0 Å². The van der Waals surface area contributed by atoms with Gasteiger partial charge in [0.25, 0.3) is 0 Å². The van der Waals surface area contributed by atoms with E-state index in [1.165, 1.54) is 5.57 Å². The zero-order chi connectivity index (χ0) is 12.0. The lowest BCUT2D eigenvalue weighted by Gasteiger charge is -2.34. The van der Waals surface area contributed by atoms with Crippen LogP contribution in [-0.4, -0.2) is 61.5 Å². The average molecular weight is 225 g/mol. The molecule has 0 unspecified atom stereocenters. The quantitative estimate of drug-likeness (QED) is 0.684. The van der Waals surface area contributed by atoms with Gasteiger partial charge < -0.3 is 10.2 Å². The maximum Gasteiger partial charge on any atom is 0.219 e. The highest BCUT2D eigenvalue weighted by molar-refractivity contribution is 5.73. The molecule has 0 aromatic heterocycles. The molecule has 1 fully saturated rings. The first-order chi connectivity index (χ1) is 7.63. The standard InChI is InChI=1S/C12H23N3O/c1-4-13-9-11(2)10-14-5-7-15(8-6-14)12(3)16/h13H,2,4-10H2,1,3H3. The van der Waals surface area contributed by atoms with Gasteiger partial charge in [0.15, 0.2) is 0 Å². The number of nitrogens with one attached hydrogen (secondary N) is 1. The molecule has 4 nitrogen and oxygen atoms in total. The predicted molar refractivity (Wildman–Crippen MR) is 66.4 cm³/mol. The monoisotopic (exact) mass is 225 g/mol. The Balaban J connectivity index is 2.21. The molecule has 0 aromatic rings. The van der Waals surface area contributed by atoms with Crippen LogP contribution in [0.1, 0.15) is 13.8 Å². The minimum atomic E-state index is 0.186. The number of piperazine rings is 1. The summed E-state index contributed by atoms with van der Waals surface area (Å²) in [5.74, 6) is 0.186. The van der Waals surface area contributed by atoms with Crippen LogP contribution in [0.25, 0.3) is 0 Å². The van der Waals surface area contributed by atoms with Crippen LogP contribution in [0.2, 0.25) is 0 Å². The summed E-state index contributed by atoms with van der Waals surface area (Å²) in [5, 5.41) is 3.27. The summed E-state index contributed by atoms with van der Waals surface area (Å²) in [4.78, 5) is 15.4. The van der Waals surface area contributed by atoms with Gasteiger partial charge in [0, 0.05) is 46.2 Å². The summed E-state index contributed by atoms with van der Waals surface area (Å²) in [6, 6.07) is 0. The molecule has 4 heteroatoms. The Morgan fingerprint density at radius 1 is 1.31 bits per heavy atom. The van der Waals surface area contributed by atoms with E-state index in [2.05, 4.69) is 23.7 Å². The smallest absolute Gasteiger partial charge is 0.219 e. The van der Waals surface area contributed by atoms with E-state index in [4.69, 9.17) is 0 Å². The van der Waals surface area contributed by atoms with Crippen molar-refractivity contribution in [3.8, 4) is 0 Å². The molecule has 0 aromatic carbocycles. The van der Waals surface area contributed by atoms with Crippen LogP contribution < -0.4 is 5.32 Å². The third-order valence-corrected chi connectivity index (χ3v) is 2.89. The van der Waals surface area contributed by atoms with Crippen molar-refractivity contribution in [1.82, 2.24) is 15.1 Å². The molecule has 0 aliphatic carbocycles. The number of hydrogen-bond donors (Lipinski definition) is 1. The molecule has 0 bridgehead atoms. The third kappa shape index (κ3) is 4.33. The van der Waals surface area contributed by atoms with E-state index in [1.54, 1.807) is 6.92 Å². The number of nitrogens with zero attached hydrogens (tertiary/aromatic N) is 2. The maximum atomic E-state index is 11.1. The van der Waals surface area contributed by atoms with E-state index < -0.39 is 0 Å². The van der Waals surface area contributed by atoms with Crippen molar-refractivity contribution in [2.24, 2.45) is 0 Å². The van der Waals surface area contributed by atoms with Crippen molar-refractivity contribution in [2.45, 2.75) is 13.8 Å². The van der Waals surface area contributed by atoms with E-state index in [0.29, 0.717) is 0 Å². The molecule has 1 heterocycles. The average Bonchev–Trinajstić information content (AvgIpc) is 2.27. The molecule has 0 radical (unpaired) electrons. The molecule has 1 aliphatic rings. The fourth-order valence-corrected chi connectivity index (χ4v) is 1.89. The van der Waals surface area contributed by atoms with Crippen molar-refractivity contribution in [2.75, 3.05) is 45.8 Å². The number of hydrogen-bond acceptors (Lipinski definition) is 3. The van der Waals surface area contributed by atoms with Crippen LogP contribution in [-0.2, 0) is 4.79 Å². The zero-order valence-corrected chi connectivity index (χ0v) is 10.5. The Labute approximate surface area is 98.3 Å². The molecule has 16 heavy (non-hydrogen) atoms. The van der Waals surface area contributed by atoms with Crippen LogP contribution >= 0.6 is 0 Å². The van der Waals surface area contributed by atoms with Crippen molar-refractivity contribution < 1.29 is 4.79 Å². The molecule has 92 valence electrons. The van der Waals surface area contributed by atoms with Gasteiger partial charge in [-0.05, 0) is 12.1 Å². The van der Waals surface area contributed by atoms with E-state index in [9.17, 15) is 4.79 Å². The fourth-order valence-electron chi connectivity index (χ4n) is 1.89. The highest BCUT2D eigenvalue weighted by Crippen LogP contribution is 2.04. The SMILES string of the molecule is C=C(CNCC)CN1CCN(C(C)=O)CC1. The molecule has 0 saturated carbocycles. The van der Waals surface area contributed by atoms with Crippen LogP contribution in [0.3, 0.4) is 0 Å². The van der Waals surface area contributed by atoms with Crippen LogP contribution in [0.15, 0.2) is 12.2 Å². The van der Waals surface area contributed by atoms with Gasteiger partial charge in [0.05, 0.1) is 0 Å². The highest BCUT2D eigenvalue weighted by Gasteiger charge is 2.18. The lowest BCUT2D eigenvalue weighted by atomic mass is 10.2. The summed E-state index contributed by atoms with van der Waals surface area (Å²) in [6.07, 6.45) is 0. The number of rotatable bonds is 5.